The third kappa shape index (κ3) is 4.81. The molecule has 1 heteroatoms. The summed E-state index contributed by atoms with van der Waals surface area (Å²) in [5, 5.41) is 3.82. The van der Waals surface area contributed by atoms with Gasteiger partial charge in [-0.3, -0.25) is 0 Å². The molecule has 0 bridgehead atoms. The van der Waals surface area contributed by atoms with Crippen LogP contribution in [0.2, 0.25) is 0 Å². The minimum absolute atomic E-state index is 0.507. The lowest BCUT2D eigenvalue weighted by Gasteiger charge is -2.24. The van der Waals surface area contributed by atoms with Gasteiger partial charge in [0.1, 0.15) is 0 Å². The fourth-order valence-corrected chi connectivity index (χ4v) is 2.39. The first-order chi connectivity index (χ1) is 8.71. The molecule has 1 nitrogen and oxygen atoms in total. The molecule has 0 heterocycles. The van der Waals surface area contributed by atoms with Gasteiger partial charge >= 0.3 is 0 Å². The maximum Gasteiger partial charge on any atom is 0.0320 e. The molecular weight excluding hydrogens is 218 g/mol. The van der Waals surface area contributed by atoms with Crippen molar-refractivity contribution in [1.82, 2.24) is 5.32 Å². The van der Waals surface area contributed by atoms with Crippen LogP contribution >= 0.6 is 0 Å². The highest BCUT2D eigenvalue weighted by molar-refractivity contribution is 5.24. The van der Waals surface area contributed by atoms with E-state index in [1.54, 1.807) is 0 Å². The Kier molecular flexibility index (Phi) is 7.04. The van der Waals surface area contributed by atoms with Gasteiger partial charge in [0, 0.05) is 12.1 Å². The molecule has 1 rings (SSSR count). The van der Waals surface area contributed by atoms with E-state index in [2.05, 4.69) is 57.3 Å². The van der Waals surface area contributed by atoms with Crippen molar-refractivity contribution >= 4 is 0 Å². The smallest absolute Gasteiger partial charge is 0.0320 e. The minimum Gasteiger partial charge on any atom is -0.307 e. The van der Waals surface area contributed by atoms with E-state index >= 15 is 0 Å². The molecule has 0 aromatic heterocycles. The molecular formula is C17H29N. The largest absolute Gasteiger partial charge is 0.307 e. The average Bonchev–Trinajstić information content (AvgIpc) is 2.40. The van der Waals surface area contributed by atoms with Crippen molar-refractivity contribution in [1.29, 1.82) is 0 Å². The summed E-state index contributed by atoms with van der Waals surface area (Å²) in [7, 11) is 0. The Morgan fingerprint density at radius 2 is 1.67 bits per heavy atom. The lowest BCUT2D eigenvalue weighted by atomic mass is 10.00. The minimum atomic E-state index is 0.507. The Labute approximate surface area is 113 Å². The van der Waals surface area contributed by atoms with Crippen LogP contribution in [-0.2, 0) is 0 Å². The summed E-state index contributed by atoms with van der Waals surface area (Å²) < 4.78 is 0. The lowest BCUT2D eigenvalue weighted by molar-refractivity contribution is 0.389. The highest BCUT2D eigenvalue weighted by atomic mass is 14.9. The summed E-state index contributed by atoms with van der Waals surface area (Å²) >= 11 is 0. The monoisotopic (exact) mass is 247 g/mol. The molecule has 1 aromatic rings. The summed E-state index contributed by atoms with van der Waals surface area (Å²) in [6.07, 6.45) is 6.30. The Morgan fingerprint density at radius 3 is 2.17 bits per heavy atom. The molecule has 1 aromatic carbocycles. The molecule has 0 spiro atoms. The van der Waals surface area contributed by atoms with Crippen LogP contribution in [0.3, 0.4) is 0 Å². The summed E-state index contributed by atoms with van der Waals surface area (Å²) in [5.74, 6) is 0. The van der Waals surface area contributed by atoms with E-state index in [4.69, 9.17) is 0 Å². The van der Waals surface area contributed by atoms with Crippen molar-refractivity contribution in [2.24, 2.45) is 0 Å². The van der Waals surface area contributed by atoms with Crippen LogP contribution in [0.1, 0.15) is 70.0 Å². The van der Waals surface area contributed by atoms with Crippen LogP contribution in [-0.4, -0.2) is 6.04 Å². The Balaban J connectivity index is 2.62. The zero-order valence-corrected chi connectivity index (χ0v) is 12.5. The van der Waals surface area contributed by atoms with Gasteiger partial charge in [-0.15, -0.1) is 0 Å². The molecule has 0 saturated carbocycles. The number of hydrogen-bond donors (Lipinski definition) is 1. The standard InChI is InChI=1S/C17H29N/c1-5-8-9-16(6-2)18-17(7-3)15-12-10-14(4)11-13-15/h10-13,16-18H,5-9H2,1-4H3. The Morgan fingerprint density at radius 1 is 1.00 bits per heavy atom. The number of unbranched alkanes of at least 4 members (excludes halogenated alkanes) is 1. The predicted molar refractivity (Wildman–Crippen MR) is 81.0 cm³/mol. The third-order valence-electron chi connectivity index (χ3n) is 3.72. The molecule has 0 aliphatic carbocycles. The maximum atomic E-state index is 3.82. The van der Waals surface area contributed by atoms with E-state index in [-0.39, 0.29) is 0 Å². The summed E-state index contributed by atoms with van der Waals surface area (Å²) in [4.78, 5) is 0. The van der Waals surface area contributed by atoms with Gasteiger partial charge in [-0.05, 0) is 31.7 Å². The number of nitrogens with one attached hydrogen (secondary N) is 1. The van der Waals surface area contributed by atoms with Gasteiger partial charge < -0.3 is 5.32 Å². The Bertz CT molecular complexity index is 315. The van der Waals surface area contributed by atoms with Gasteiger partial charge in [0.05, 0.1) is 0 Å². The number of hydrogen-bond acceptors (Lipinski definition) is 1. The molecule has 2 atom stereocenters. The van der Waals surface area contributed by atoms with E-state index in [1.807, 2.05) is 0 Å². The second-order valence-corrected chi connectivity index (χ2v) is 5.29. The van der Waals surface area contributed by atoms with Crippen LogP contribution in [0, 0.1) is 6.92 Å². The van der Waals surface area contributed by atoms with Gasteiger partial charge in [-0.2, -0.15) is 0 Å². The highest BCUT2D eigenvalue weighted by Crippen LogP contribution is 2.19. The van der Waals surface area contributed by atoms with E-state index < -0.39 is 0 Å². The number of rotatable bonds is 8. The second kappa shape index (κ2) is 8.31. The number of aryl methyl sites for hydroxylation is 1. The van der Waals surface area contributed by atoms with Crippen LogP contribution in [0.15, 0.2) is 24.3 Å². The van der Waals surface area contributed by atoms with Crippen molar-refractivity contribution in [3.63, 3.8) is 0 Å². The fraction of sp³-hybridized carbons (Fsp3) is 0.647. The van der Waals surface area contributed by atoms with Gasteiger partial charge in [0.25, 0.3) is 0 Å². The molecule has 0 amide bonds. The lowest BCUT2D eigenvalue weighted by Crippen LogP contribution is -2.32. The zero-order chi connectivity index (χ0) is 13.4. The maximum absolute atomic E-state index is 3.82. The molecule has 0 fully saturated rings. The fourth-order valence-electron chi connectivity index (χ4n) is 2.39. The van der Waals surface area contributed by atoms with Gasteiger partial charge in [0.15, 0.2) is 0 Å². The summed E-state index contributed by atoms with van der Waals surface area (Å²) in [6, 6.07) is 10.1. The van der Waals surface area contributed by atoms with E-state index in [9.17, 15) is 0 Å². The van der Waals surface area contributed by atoms with Gasteiger partial charge in [0.2, 0.25) is 0 Å². The van der Waals surface area contributed by atoms with Crippen LogP contribution in [0.5, 0.6) is 0 Å². The molecule has 0 radical (unpaired) electrons. The molecule has 2 unspecified atom stereocenters. The first kappa shape index (κ1) is 15.2. The highest BCUT2D eigenvalue weighted by Gasteiger charge is 2.13. The van der Waals surface area contributed by atoms with E-state index in [1.165, 1.54) is 36.8 Å². The van der Waals surface area contributed by atoms with Crippen molar-refractivity contribution in [3.05, 3.63) is 35.4 Å². The summed E-state index contributed by atoms with van der Waals surface area (Å²) in [5.41, 5.74) is 2.77. The predicted octanol–water partition coefficient (Wildman–Crippen LogP) is 5.00. The van der Waals surface area contributed by atoms with E-state index in [0.29, 0.717) is 12.1 Å². The second-order valence-electron chi connectivity index (χ2n) is 5.29. The van der Waals surface area contributed by atoms with Gasteiger partial charge in [-0.25, -0.2) is 0 Å². The molecule has 18 heavy (non-hydrogen) atoms. The SMILES string of the molecule is CCCCC(CC)NC(CC)c1ccc(C)cc1. The normalized spacial score (nSPS) is 14.4. The topological polar surface area (TPSA) is 12.0 Å². The molecule has 102 valence electrons. The van der Waals surface area contributed by atoms with Crippen LogP contribution in [0.25, 0.3) is 0 Å². The van der Waals surface area contributed by atoms with Crippen molar-refractivity contribution < 1.29 is 0 Å². The third-order valence-corrected chi connectivity index (χ3v) is 3.72. The first-order valence-corrected chi connectivity index (χ1v) is 7.53. The van der Waals surface area contributed by atoms with Crippen molar-refractivity contribution in [3.8, 4) is 0 Å². The quantitative estimate of drug-likeness (QED) is 0.681. The van der Waals surface area contributed by atoms with Crippen LogP contribution < -0.4 is 5.32 Å². The van der Waals surface area contributed by atoms with E-state index in [0.717, 1.165) is 6.42 Å². The zero-order valence-electron chi connectivity index (χ0n) is 12.5. The molecule has 0 saturated heterocycles. The molecule has 1 N–H and O–H groups in total. The Hall–Kier alpha value is -0.820. The summed E-state index contributed by atoms with van der Waals surface area (Å²) in [6.45, 7) is 8.97. The molecule has 0 aliphatic heterocycles. The van der Waals surface area contributed by atoms with Crippen LogP contribution in [0.4, 0.5) is 0 Å². The van der Waals surface area contributed by atoms with Crippen molar-refractivity contribution in [2.75, 3.05) is 0 Å². The number of benzene rings is 1. The van der Waals surface area contributed by atoms with Crippen molar-refractivity contribution in [2.45, 2.75) is 71.9 Å². The first-order valence-electron chi connectivity index (χ1n) is 7.53. The average molecular weight is 247 g/mol. The van der Waals surface area contributed by atoms with Gasteiger partial charge in [-0.1, -0.05) is 63.4 Å². The molecule has 0 aliphatic rings.